The number of benzene rings is 1. The Morgan fingerprint density at radius 2 is 2.29 bits per heavy atom. The fourth-order valence-corrected chi connectivity index (χ4v) is 2.76. The van der Waals surface area contributed by atoms with E-state index in [9.17, 15) is 0 Å². The number of fused-ring (bicyclic) bond motifs is 3. The fourth-order valence-electron chi connectivity index (χ4n) is 2.76. The summed E-state index contributed by atoms with van der Waals surface area (Å²) in [6, 6.07) is 8.66. The van der Waals surface area contributed by atoms with Crippen LogP contribution >= 0.6 is 0 Å². The second kappa shape index (κ2) is 2.81. The Kier molecular flexibility index (Phi) is 1.70. The quantitative estimate of drug-likeness (QED) is 0.670. The van der Waals surface area contributed by atoms with Gasteiger partial charge in [0.1, 0.15) is 0 Å². The van der Waals surface area contributed by atoms with Gasteiger partial charge < -0.3 is 4.74 Å². The third-order valence-corrected chi connectivity index (χ3v) is 3.66. The summed E-state index contributed by atoms with van der Waals surface area (Å²) >= 11 is 0. The maximum absolute atomic E-state index is 5.90. The Hall–Kier alpha value is -0.860. The molecular formula is C12H15NO. The van der Waals surface area contributed by atoms with E-state index in [-0.39, 0.29) is 5.60 Å². The molecule has 2 unspecified atom stereocenters. The molecular weight excluding hydrogens is 174 g/mol. The lowest BCUT2D eigenvalue weighted by atomic mass is 9.88. The molecule has 2 nitrogen and oxygen atoms in total. The Morgan fingerprint density at radius 1 is 1.43 bits per heavy atom. The summed E-state index contributed by atoms with van der Waals surface area (Å²) in [7, 11) is 0. The molecule has 14 heavy (non-hydrogen) atoms. The molecule has 2 aliphatic rings. The topological polar surface area (TPSA) is 21.3 Å². The van der Waals surface area contributed by atoms with Gasteiger partial charge in [0.2, 0.25) is 0 Å². The maximum Gasteiger partial charge on any atom is 0.0977 e. The summed E-state index contributed by atoms with van der Waals surface area (Å²) in [6.07, 6.45) is 1.15. The van der Waals surface area contributed by atoms with Gasteiger partial charge in [0.15, 0.2) is 0 Å². The summed E-state index contributed by atoms with van der Waals surface area (Å²) < 4.78 is 5.90. The van der Waals surface area contributed by atoms with Gasteiger partial charge in [-0.2, -0.15) is 0 Å². The van der Waals surface area contributed by atoms with Gasteiger partial charge in [-0.25, -0.2) is 0 Å². The zero-order chi connectivity index (χ0) is 9.60. The summed E-state index contributed by atoms with van der Waals surface area (Å²) in [5.41, 5.74) is 2.82. The van der Waals surface area contributed by atoms with Gasteiger partial charge in [0, 0.05) is 12.5 Å². The minimum atomic E-state index is -0.0398. The predicted octanol–water partition coefficient (Wildman–Crippen LogP) is 1.65. The number of ether oxygens (including phenoxy) is 1. The molecule has 1 N–H and O–H groups in total. The minimum absolute atomic E-state index is 0.0398. The second-order valence-corrected chi connectivity index (χ2v) is 4.41. The number of rotatable bonds is 0. The molecule has 0 saturated carbocycles. The van der Waals surface area contributed by atoms with Crippen LogP contribution in [0.5, 0.6) is 0 Å². The average Bonchev–Trinajstić information content (AvgIpc) is 2.51. The van der Waals surface area contributed by atoms with Crippen molar-refractivity contribution in [2.45, 2.75) is 18.9 Å². The van der Waals surface area contributed by atoms with Gasteiger partial charge in [-0.05, 0) is 24.5 Å². The van der Waals surface area contributed by atoms with Crippen LogP contribution in [0.3, 0.4) is 0 Å². The highest BCUT2D eigenvalue weighted by atomic mass is 16.5. The lowest BCUT2D eigenvalue weighted by Crippen LogP contribution is -2.46. The van der Waals surface area contributed by atoms with Crippen LogP contribution < -0.4 is 5.32 Å². The van der Waals surface area contributed by atoms with Gasteiger partial charge in [-0.1, -0.05) is 24.3 Å². The third kappa shape index (κ3) is 0.983. The highest BCUT2D eigenvalue weighted by Crippen LogP contribution is 2.44. The van der Waals surface area contributed by atoms with Crippen molar-refractivity contribution in [3.63, 3.8) is 0 Å². The average molecular weight is 189 g/mol. The Labute approximate surface area is 84.3 Å². The monoisotopic (exact) mass is 189 g/mol. The minimum Gasteiger partial charge on any atom is -0.355 e. The first kappa shape index (κ1) is 8.45. The van der Waals surface area contributed by atoms with E-state index in [0.29, 0.717) is 12.6 Å². The zero-order valence-electron chi connectivity index (χ0n) is 8.42. The van der Waals surface area contributed by atoms with Crippen LogP contribution in [-0.4, -0.2) is 13.3 Å². The van der Waals surface area contributed by atoms with Gasteiger partial charge in [-0.3, -0.25) is 5.32 Å². The van der Waals surface area contributed by atoms with Crippen LogP contribution in [0.1, 0.15) is 18.1 Å². The molecule has 0 spiro atoms. The lowest BCUT2D eigenvalue weighted by Gasteiger charge is -2.37. The Balaban J connectivity index is 2.10. The van der Waals surface area contributed by atoms with E-state index in [4.69, 9.17) is 4.74 Å². The Morgan fingerprint density at radius 3 is 3.21 bits per heavy atom. The first-order valence-corrected chi connectivity index (χ1v) is 5.24. The molecule has 1 fully saturated rings. The van der Waals surface area contributed by atoms with Crippen molar-refractivity contribution >= 4 is 0 Å². The smallest absolute Gasteiger partial charge is 0.0977 e. The molecule has 0 aromatic heterocycles. The largest absolute Gasteiger partial charge is 0.355 e. The van der Waals surface area contributed by atoms with Crippen molar-refractivity contribution < 1.29 is 4.74 Å². The molecule has 0 radical (unpaired) electrons. The van der Waals surface area contributed by atoms with Crippen molar-refractivity contribution in [1.29, 1.82) is 0 Å². The lowest BCUT2D eigenvalue weighted by molar-refractivity contribution is -0.107. The van der Waals surface area contributed by atoms with Gasteiger partial charge >= 0.3 is 0 Å². The Bertz CT molecular complexity index is 363. The SMILES string of the molecule is CC12OCNCC1Cc1ccccc12. The summed E-state index contributed by atoms with van der Waals surface area (Å²) in [6.45, 7) is 3.98. The molecule has 1 aromatic carbocycles. The van der Waals surface area contributed by atoms with Crippen molar-refractivity contribution in [3.8, 4) is 0 Å². The number of hydrogen-bond acceptors (Lipinski definition) is 2. The second-order valence-electron chi connectivity index (χ2n) is 4.41. The molecule has 74 valence electrons. The molecule has 1 aromatic rings. The van der Waals surface area contributed by atoms with Gasteiger partial charge in [0.25, 0.3) is 0 Å². The summed E-state index contributed by atoms with van der Waals surface area (Å²) in [4.78, 5) is 0. The maximum atomic E-state index is 5.90. The molecule has 2 atom stereocenters. The van der Waals surface area contributed by atoms with E-state index < -0.39 is 0 Å². The van der Waals surface area contributed by atoms with Crippen LogP contribution in [0.4, 0.5) is 0 Å². The normalized spacial score (nSPS) is 35.1. The fraction of sp³-hybridized carbons (Fsp3) is 0.500. The molecule has 1 saturated heterocycles. The van der Waals surface area contributed by atoms with Gasteiger partial charge in [0.05, 0.1) is 12.3 Å². The van der Waals surface area contributed by atoms with Crippen LogP contribution in [0, 0.1) is 5.92 Å². The standard InChI is InChI=1S/C12H15NO/c1-12-10(7-13-8-14-12)6-9-4-2-3-5-11(9)12/h2-5,10,13H,6-8H2,1H3. The van der Waals surface area contributed by atoms with Crippen molar-refractivity contribution in [3.05, 3.63) is 35.4 Å². The molecule has 0 amide bonds. The van der Waals surface area contributed by atoms with E-state index in [0.717, 1.165) is 13.0 Å². The number of nitrogens with one attached hydrogen (secondary N) is 1. The van der Waals surface area contributed by atoms with Crippen LogP contribution in [0.25, 0.3) is 0 Å². The van der Waals surface area contributed by atoms with Crippen molar-refractivity contribution in [2.75, 3.05) is 13.3 Å². The molecule has 1 heterocycles. The van der Waals surface area contributed by atoms with Gasteiger partial charge in [-0.15, -0.1) is 0 Å². The van der Waals surface area contributed by atoms with E-state index >= 15 is 0 Å². The first-order chi connectivity index (χ1) is 6.81. The first-order valence-electron chi connectivity index (χ1n) is 5.24. The molecule has 3 rings (SSSR count). The number of hydrogen-bond donors (Lipinski definition) is 1. The summed E-state index contributed by atoms with van der Waals surface area (Å²) in [5.74, 6) is 0.605. The van der Waals surface area contributed by atoms with E-state index in [1.807, 2.05) is 0 Å². The van der Waals surface area contributed by atoms with Crippen molar-refractivity contribution in [2.24, 2.45) is 5.92 Å². The van der Waals surface area contributed by atoms with Crippen LogP contribution in [0.15, 0.2) is 24.3 Å². The summed E-state index contributed by atoms with van der Waals surface area (Å²) in [5, 5.41) is 3.29. The third-order valence-electron chi connectivity index (χ3n) is 3.66. The molecule has 2 heteroatoms. The van der Waals surface area contributed by atoms with Crippen LogP contribution in [-0.2, 0) is 16.8 Å². The molecule has 0 bridgehead atoms. The van der Waals surface area contributed by atoms with E-state index in [2.05, 4.69) is 36.5 Å². The van der Waals surface area contributed by atoms with Crippen LogP contribution in [0.2, 0.25) is 0 Å². The molecule has 1 aliphatic heterocycles. The van der Waals surface area contributed by atoms with E-state index in [1.165, 1.54) is 11.1 Å². The molecule has 1 aliphatic carbocycles. The zero-order valence-corrected chi connectivity index (χ0v) is 8.42. The highest BCUT2D eigenvalue weighted by molar-refractivity contribution is 5.38. The predicted molar refractivity (Wildman–Crippen MR) is 54.9 cm³/mol. The van der Waals surface area contributed by atoms with E-state index in [1.54, 1.807) is 0 Å². The van der Waals surface area contributed by atoms with Crippen molar-refractivity contribution in [1.82, 2.24) is 5.32 Å². The highest BCUT2D eigenvalue weighted by Gasteiger charge is 2.45.